The minimum Gasteiger partial charge on any atom is -0.0804 e. The van der Waals surface area contributed by atoms with Crippen LogP contribution in [0.15, 0.2) is 71.9 Å². The molecule has 0 bridgehead atoms. The van der Waals surface area contributed by atoms with E-state index in [0.29, 0.717) is 5.92 Å². The number of allylic oxidation sites excluding steroid dienone is 8. The molecule has 20 heavy (non-hydrogen) atoms. The molecule has 0 unspecified atom stereocenters. The average molecular weight is 277 g/mol. The van der Waals surface area contributed by atoms with Crippen molar-refractivity contribution in [3.8, 4) is 0 Å². The smallest absolute Gasteiger partial charge is 0.0795 e. The van der Waals surface area contributed by atoms with Gasteiger partial charge in [0.05, 0.1) is 8.80 Å². The molecule has 1 radical (unpaired) electrons. The van der Waals surface area contributed by atoms with E-state index in [-0.39, 0.29) is 0 Å². The van der Waals surface area contributed by atoms with Crippen molar-refractivity contribution in [2.45, 2.75) is 31.9 Å². The van der Waals surface area contributed by atoms with Gasteiger partial charge in [-0.15, -0.1) is 0 Å². The lowest BCUT2D eigenvalue weighted by Gasteiger charge is -2.25. The zero-order valence-corrected chi connectivity index (χ0v) is 13.3. The van der Waals surface area contributed by atoms with Crippen molar-refractivity contribution in [2.75, 3.05) is 0 Å². The van der Waals surface area contributed by atoms with E-state index in [9.17, 15) is 0 Å². The van der Waals surface area contributed by atoms with Crippen molar-refractivity contribution in [3.05, 3.63) is 77.4 Å². The Hall–Kier alpha value is -1.60. The van der Waals surface area contributed by atoms with Crippen molar-refractivity contribution in [2.24, 2.45) is 0 Å². The van der Waals surface area contributed by atoms with Gasteiger partial charge in [-0.2, -0.15) is 0 Å². The maximum Gasteiger partial charge on any atom is 0.0795 e. The summed E-state index contributed by atoms with van der Waals surface area (Å²) in [6.45, 7) is 4.78. The summed E-state index contributed by atoms with van der Waals surface area (Å²) in [5.74, 6) is 0.482. The van der Waals surface area contributed by atoms with Gasteiger partial charge in [0.1, 0.15) is 0 Å². The maximum atomic E-state index is 2.39. The minimum atomic E-state index is -0.439. The van der Waals surface area contributed by atoms with Crippen molar-refractivity contribution >= 4 is 14.0 Å². The van der Waals surface area contributed by atoms with Crippen LogP contribution in [0.5, 0.6) is 0 Å². The van der Waals surface area contributed by atoms with Gasteiger partial charge in [0.15, 0.2) is 0 Å². The van der Waals surface area contributed by atoms with Gasteiger partial charge in [-0.3, -0.25) is 0 Å². The molecule has 101 valence electrons. The largest absolute Gasteiger partial charge is 0.0804 e. The van der Waals surface area contributed by atoms with Crippen molar-refractivity contribution in [1.29, 1.82) is 0 Å². The molecule has 2 aliphatic carbocycles. The molecule has 3 rings (SSSR count). The van der Waals surface area contributed by atoms with E-state index in [4.69, 9.17) is 0 Å². The van der Waals surface area contributed by atoms with Crippen LogP contribution in [-0.4, -0.2) is 8.80 Å². The Morgan fingerprint density at radius 3 is 2.00 bits per heavy atom. The quantitative estimate of drug-likeness (QED) is 0.711. The third-order valence-corrected chi connectivity index (χ3v) is 5.68. The summed E-state index contributed by atoms with van der Waals surface area (Å²) >= 11 is 0. The lowest BCUT2D eigenvalue weighted by atomic mass is 9.83. The van der Waals surface area contributed by atoms with Crippen LogP contribution in [0, 0.1) is 0 Å². The first-order chi connectivity index (χ1) is 9.77. The summed E-state index contributed by atoms with van der Waals surface area (Å²) in [5, 5.41) is 1.59. The Kier molecular flexibility index (Phi) is 3.88. The Bertz CT molecular complexity index is 584. The minimum absolute atomic E-state index is 0.439. The number of rotatable bonds is 4. The van der Waals surface area contributed by atoms with Crippen LogP contribution in [0.25, 0.3) is 0 Å². The van der Waals surface area contributed by atoms with E-state index in [1.54, 1.807) is 16.3 Å². The summed E-state index contributed by atoms with van der Waals surface area (Å²) in [4.78, 5) is 0. The molecule has 0 saturated heterocycles. The summed E-state index contributed by atoms with van der Waals surface area (Å²) in [7, 11) is -0.439. The molecular formula is C19H21Si. The lowest BCUT2D eigenvalue weighted by molar-refractivity contribution is 0.879. The second-order valence-corrected chi connectivity index (χ2v) is 8.31. The van der Waals surface area contributed by atoms with E-state index in [0.717, 1.165) is 12.8 Å². The predicted octanol–water partition coefficient (Wildman–Crippen LogP) is 4.50. The molecule has 0 amide bonds. The first-order valence-corrected chi connectivity index (χ1v) is 9.88. The first kappa shape index (κ1) is 13.4. The Balaban J connectivity index is 2.06. The third-order valence-electron chi connectivity index (χ3n) is 4.15. The molecule has 1 aromatic rings. The fraction of sp³-hybridized carbons (Fsp3) is 0.263. The van der Waals surface area contributed by atoms with Gasteiger partial charge < -0.3 is 0 Å². The molecule has 0 aromatic heterocycles. The number of benzene rings is 1. The highest BCUT2D eigenvalue weighted by atomic mass is 28.3. The summed E-state index contributed by atoms with van der Waals surface area (Å²) in [6.07, 6.45) is 15.8. The molecule has 0 fully saturated rings. The summed E-state index contributed by atoms with van der Waals surface area (Å²) in [6, 6.07) is 9.07. The fourth-order valence-corrected chi connectivity index (χ4v) is 4.43. The first-order valence-electron chi connectivity index (χ1n) is 7.38. The van der Waals surface area contributed by atoms with E-state index in [2.05, 4.69) is 73.8 Å². The van der Waals surface area contributed by atoms with Crippen LogP contribution in [0.1, 0.15) is 24.3 Å². The van der Waals surface area contributed by atoms with Crippen LogP contribution < -0.4 is 5.19 Å². The Morgan fingerprint density at radius 2 is 1.50 bits per heavy atom. The zero-order valence-electron chi connectivity index (χ0n) is 12.3. The monoisotopic (exact) mass is 277 g/mol. The molecule has 1 aromatic carbocycles. The molecular weight excluding hydrogens is 256 g/mol. The highest BCUT2D eigenvalue weighted by Gasteiger charge is 2.24. The van der Waals surface area contributed by atoms with E-state index in [1.165, 1.54) is 5.56 Å². The fourth-order valence-electron chi connectivity index (χ4n) is 3.20. The van der Waals surface area contributed by atoms with E-state index >= 15 is 0 Å². The maximum absolute atomic E-state index is 2.39. The summed E-state index contributed by atoms with van der Waals surface area (Å²) < 4.78 is 0. The Labute approximate surface area is 123 Å². The summed E-state index contributed by atoms with van der Waals surface area (Å²) in [5.41, 5.74) is 4.64. The van der Waals surface area contributed by atoms with Gasteiger partial charge in [0.25, 0.3) is 0 Å². The van der Waals surface area contributed by atoms with Gasteiger partial charge in [0.2, 0.25) is 0 Å². The highest BCUT2D eigenvalue weighted by molar-refractivity contribution is 6.71. The highest BCUT2D eigenvalue weighted by Crippen LogP contribution is 2.38. The molecule has 0 saturated carbocycles. The molecule has 0 heterocycles. The molecule has 2 aliphatic rings. The molecule has 1 heteroatoms. The molecule has 0 nitrogen and oxygen atoms in total. The molecule has 0 N–H and O–H groups in total. The Morgan fingerprint density at radius 1 is 0.900 bits per heavy atom. The van der Waals surface area contributed by atoms with E-state index < -0.39 is 8.80 Å². The number of hydrogen-bond acceptors (Lipinski definition) is 0. The van der Waals surface area contributed by atoms with E-state index in [1.807, 2.05) is 0 Å². The van der Waals surface area contributed by atoms with Gasteiger partial charge in [-0.25, -0.2) is 0 Å². The SMILES string of the molecule is C[Si](C)c1ccccc1C(C1=CC=CC1)C1=CC=CC1. The predicted molar refractivity (Wildman–Crippen MR) is 90.0 cm³/mol. The zero-order chi connectivity index (χ0) is 13.9. The van der Waals surface area contributed by atoms with Crippen molar-refractivity contribution < 1.29 is 0 Å². The molecule has 0 aliphatic heterocycles. The van der Waals surface area contributed by atoms with Gasteiger partial charge in [0, 0.05) is 5.92 Å². The van der Waals surface area contributed by atoms with Crippen LogP contribution in [-0.2, 0) is 0 Å². The third kappa shape index (κ3) is 2.50. The van der Waals surface area contributed by atoms with Gasteiger partial charge >= 0.3 is 0 Å². The molecule has 0 atom stereocenters. The second kappa shape index (κ2) is 5.80. The van der Waals surface area contributed by atoms with Crippen LogP contribution in [0.2, 0.25) is 13.1 Å². The topological polar surface area (TPSA) is 0 Å². The lowest BCUT2D eigenvalue weighted by Crippen LogP contribution is -2.29. The normalized spacial score (nSPS) is 17.2. The van der Waals surface area contributed by atoms with Crippen LogP contribution in [0.4, 0.5) is 0 Å². The van der Waals surface area contributed by atoms with Crippen LogP contribution in [0.3, 0.4) is 0 Å². The number of hydrogen-bond donors (Lipinski definition) is 0. The standard InChI is InChI=1S/C19H21Si/c1-20(2)18-14-8-7-13-17(18)19(15-9-3-4-10-15)16-11-5-6-12-16/h3-9,11,13-14,19H,10,12H2,1-2H3. The average Bonchev–Trinajstić information content (AvgIpc) is 3.13. The van der Waals surface area contributed by atoms with Crippen LogP contribution >= 0.6 is 0 Å². The van der Waals surface area contributed by atoms with Gasteiger partial charge in [-0.1, -0.05) is 90.1 Å². The molecule has 0 spiro atoms. The van der Waals surface area contributed by atoms with Crippen molar-refractivity contribution in [3.63, 3.8) is 0 Å². The van der Waals surface area contributed by atoms with Crippen molar-refractivity contribution in [1.82, 2.24) is 0 Å². The second-order valence-electron chi connectivity index (χ2n) is 5.77. The van der Waals surface area contributed by atoms with Gasteiger partial charge in [-0.05, 0) is 18.4 Å².